The number of hydrogen-bond acceptors (Lipinski definition) is 3. The van der Waals surface area contributed by atoms with Crippen molar-refractivity contribution >= 4 is 28.9 Å². The van der Waals surface area contributed by atoms with Crippen LogP contribution < -0.4 is 5.32 Å². The number of nitrogens with one attached hydrogen (secondary N) is 1. The van der Waals surface area contributed by atoms with Crippen molar-refractivity contribution in [1.29, 1.82) is 0 Å². The molecule has 0 atom stereocenters. The molecule has 0 radical (unpaired) electrons. The van der Waals surface area contributed by atoms with E-state index in [-0.39, 0.29) is 0 Å². The molecule has 11 heteroatoms. The Hall–Kier alpha value is -1.97. The summed E-state index contributed by atoms with van der Waals surface area (Å²) in [5, 5.41) is 11.2. The number of anilines is 1. The van der Waals surface area contributed by atoms with E-state index >= 15 is 0 Å². The van der Waals surface area contributed by atoms with E-state index in [0.29, 0.717) is 6.07 Å². The molecule has 1 rings (SSSR count). The average Bonchev–Trinajstić information content (AvgIpc) is 2.29. The highest BCUT2D eigenvalue weighted by Gasteiger charge is 2.63. The number of halogens is 6. The first-order chi connectivity index (χ1) is 8.96. The summed E-state index contributed by atoms with van der Waals surface area (Å²) in [6.45, 7) is 0. The number of nitro benzene ring substituents is 1. The minimum atomic E-state index is -6.09. The van der Waals surface area contributed by atoms with Gasteiger partial charge in [0.05, 0.1) is 15.6 Å². The largest absolute Gasteiger partial charge is 0.463 e. The first-order valence-electron chi connectivity index (χ1n) is 4.66. The van der Waals surface area contributed by atoms with E-state index in [2.05, 4.69) is 0 Å². The highest BCUT2D eigenvalue weighted by Crippen LogP contribution is 2.37. The second-order valence-corrected chi connectivity index (χ2v) is 3.85. The summed E-state index contributed by atoms with van der Waals surface area (Å²) in [5.74, 6) is -8.34. The molecule has 1 aromatic rings. The van der Waals surface area contributed by atoms with E-state index in [1.807, 2.05) is 0 Å². The first-order valence-corrected chi connectivity index (χ1v) is 5.04. The summed E-state index contributed by atoms with van der Waals surface area (Å²) in [6.07, 6.45) is -6.09. The number of hydrogen-bond donors (Lipinski definition) is 1. The summed E-state index contributed by atoms with van der Waals surface area (Å²) >= 11 is 5.45. The third-order valence-electron chi connectivity index (χ3n) is 2.05. The lowest BCUT2D eigenvalue weighted by Gasteiger charge is -2.18. The fourth-order valence-corrected chi connectivity index (χ4v) is 1.22. The van der Waals surface area contributed by atoms with Crippen LogP contribution in [-0.4, -0.2) is 22.9 Å². The van der Waals surface area contributed by atoms with E-state index in [0.717, 1.165) is 12.1 Å². The molecule has 0 fully saturated rings. The predicted octanol–water partition coefficient (Wildman–Crippen LogP) is 3.38. The molecule has 5 nitrogen and oxygen atoms in total. The zero-order valence-corrected chi connectivity index (χ0v) is 9.93. The Bertz CT molecular complexity index is 561. The van der Waals surface area contributed by atoms with Crippen LogP contribution in [0.15, 0.2) is 18.2 Å². The fourth-order valence-electron chi connectivity index (χ4n) is 1.05. The fraction of sp³-hybridized carbons (Fsp3) is 0.222. The van der Waals surface area contributed by atoms with Crippen molar-refractivity contribution < 1.29 is 31.7 Å². The Labute approximate surface area is 112 Å². The maximum absolute atomic E-state index is 12.7. The molecule has 0 aliphatic carbocycles. The molecule has 1 N–H and O–H groups in total. The summed E-state index contributed by atoms with van der Waals surface area (Å²) in [6, 6.07) is 2.33. The van der Waals surface area contributed by atoms with E-state index in [9.17, 15) is 36.9 Å². The predicted molar refractivity (Wildman–Crippen MR) is 57.7 cm³/mol. The number of carbonyl (C=O) groups is 1. The lowest BCUT2D eigenvalue weighted by atomic mass is 10.2. The molecule has 0 heterocycles. The average molecular weight is 319 g/mol. The van der Waals surface area contributed by atoms with Crippen LogP contribution in [0.3, 0.4) is 0 Å². The normalized spacial score (nSPS) is 12.1. The van der Waals surface area contributed by atoms with Gasteiger partial charge in [-0.25, -0.2) is 0 Å². The number of nitro groups is 1. The van der Waals surface area contributed by atoms with Gasteiger partial charge in [0.2, 0.25) is 0 Å². The van der Waals surface area contributed by atoms with Gasteiger partial charge in [-0.15, -0.1) is 0 Å². The van der Waals surface area contributed by atoms with E-state index in [4.69, 9.17) is 11.6 Å². The molecule has 20 heavy (non-hydrogen) atoms. The Morgan fingerprint density at radius 3 is 2.25 bits per heavy atom. The van der Waals surface area contributed by atoms with Crippen LogP contribution in [0.1, 0.15) is 0 Å². The number of amides is 1. The molecule has 0 aliphatic heterocycles. The SMILES string of the molecule is O=C(Nc1cc([N+](=O)[O-])ccc1Cl)C(F)(F)C(F)(F)F. The van der Waals surface area contributed by atoms with Crippen LogP contribution in [0.25, 0.3) is 0 Å². The Balaban J connectivity index is 3.08. The minimum Gasteiger partial charge on any atom is -0.319 e. The summed E-state index contributed by atoms with van der Waals surface area (Å²) in [4.78, 5) is 20.4. The van der Waals surface area contributed by atoms with Crippen LogP contribution in [0.5, 0.6) is 0 Å². The molecule has 1 amide bonds. The van der Waals surface area contributed by atoms with Crippen molar-refractivity contribution in [2.75, 3.05) is 5.32 Å². The number of non-ortho nitro benzene ring substituents is 1. The zero-order valence-electron chi connectivity index (χ0n) is 9.17. The number of alkyl halides is 5. The van der Waals surface area contributed by atoms with E-state index < -0.39 is 39.3 Å². The monoisotopic (exact) mass is 318 g/mol. The molecule has 0 unspecified atom stereocenters. The maximum atomic E-state index is 12.7. The number of carbonyl (C=O) groups excluding carboxylic acids is 1. The molecule has 0 aromatic heterocycles. The second kappa shape index (κ2) is 5.19. The van der Waals surface area contributed by atoms with Crippen LogP contribution in [0.4, 0.5) is 33.3 Å². The van der Waals surface area contributed by atoms with Crippen LogP contribution >= 0.6 is 11.6 Å². The standard InChI is InChI=1S/C9H4ClF5N2O3/c10-5-2-1-4(17(19)20)3-6(5)16-7(18)8(11,12)9(13,14)15/h1-3H,(H,16,18). The molecular weight excluding hydrogens is 315 g/mol. The van der Waals surface area contributed by atoms with Gasteiger partial charge in [0.1, 0.15) is 0 Å². The van der Waals surface area contributed by atoms with Crippen LogP contribution in [-0.2, 0) is 4.79 Å². The summed E-state index contributed by atoms with van der Waals surface area (Å²) < 4.78 is 61.2. The third kappa shape index (κ3) is 3.13. The first kappa shape index (κ1) is 16.1. The van der Waals surface area contributed by atoms with Crippen molar-refractivity contribution in [3.05, 3.63) is 33.3 Å². The van der Waals surface area contributed by atoms with Crippen molar-refractivity contribution in [1.82, 2.24) is 0 Å². The topological polar surface area (TPSA) is 72.2 Å². The van der Waals surface area contributed by atoms with E-state index in [1.165, 1.54) is 5.32 Å². The van der Waals surface area contributed by atoms with Crippen molar-refractivity contribution in [3.63, 3.8) is 0 Å². The number of benzene rings is 1. The van der Waals surface area contributed by atoms with Gasteiger partial charge in [-0.05, 0) is 6.07 Å². The number of rotatable bonds is 3. The van der Waals surface area contributed by atoms with Gasteiger partial charge >= 0.3 is 18.0 Å². The van der Waals surface area contributed by atoms with Crippen LogP contribution in [0, 0.1) is 10.1 Å². The molecule has 1 aromatic carbocycles. The highest BCUT2D eigenvalue weighted by molar-refractivity contribution is 6.33. The molecule has 0 spiro atoms. The third-order valence-corrected chi connectivity index (χ3v) is 2.38. The van der Waals surface area contributed by atoms with Gasteiger partial charge in [-0.1, -0.05) is 11.6 Å². The van der Waals surface area contributed by atoms with Gasteiger partial charge < -0.3 is 5.32 Å². The van der Waals surface area contributed by atoms with Crippen molar-refractivity contribution in [2.45, 2.75) is 12.1 Å². The van der Waals surface area contributed by atoms with E-state index in [1.54, 1.807) is 0 Å². The van der Waals surface area contributed by atoms with Gasteiger partial charge in [0, 0.05) is 12.1 Å². The quantitative estimate of drug-likeness (QED) is 0.527. The zero-order chi connectivity index (χ0) is 15.7. The van der Waals surface area contributed by atoms with Gasteiger partial charge in [-0.2, -0.15) is 22.0 Å². The molecule has 0 saturated carbocycles. The molecule has 0 saturated heterocycles. The molecule has 0 aliphatic rings. The smallest absolute Gasteiger partial charge is 0.319 e. The summed E-state index contributed by atoms with van der Waals surface area (Å²) in [7, 11) is 0. The Morgan fingerprint density at radius 1 is 1.25 bits per heavy atom. The van der Waals surface area contributed by atoms with Gasteiger partial charge in [-0.3, -0.25) is 14.9 Å². The molecule has 110 valence electrons. The number of nitrogens with zero attached hydrogens (tertiary/aromatic N) is 1. The Kier molecular flexibility index (Phi) is 4.18. The lowest BCUT2D eigenvalue weighted by Crippen LogP contribution is -2.47. The molecule has 0 bridgehead atoms. The van der Waals surface area contributed by atoms with Crippen molar-refractivity contribution in [3.8, 4) is 0 Å². The second-order valence-electron chi connectivity index (χ2n) is 3.45. The summed E-state index contributed by atoms with van der Waals surface area (Å²) in [5.41, 5.74) is -1.37. The van der Waals surface area contributed by atoms with Gasteiger partial charge in [0.25, 0.3) is 5.69 Å². The maximum Gasteiger partial charge on any atom is 0.463 e. The highest BCUT2D eigenvalue weighted by atomic mass is 35.5. The minimum absolute atomic E-state index is 0.429. The van der Waals surface area contributed by atoms with Crippen LogP contribution in [0.2, 0.25) is 5.02 Å². The Morgan fingerprint density at radius 2 is 1.80 bits per heavy atom. The van der Waals surface area contributed by atoms with Gasteiger partial charge in [0.15, 0.2) is 0 Å². The van der Waals surface area contributed by atoms with Crippen molar-refractivity contribution in [2.24, 2.45) is 0 Å². The lowest BCUT2D eigenvalue weighted by molar-refractivity contribution is -0.384. The molecular formula is C9H4ClF5N2O3.